The number of hydrogen-bond donors (Lipinski definition) is 1. The van der Waals surface area contributed by atoms with E-state index in [1.807, 2.05) is 0 Å². The van der Waals surface area contributed by atoms with Crippen LogP contribution in [0.5, 0.6) is 0 Å². The highest BCUT2D eigenvalue weighted by molar-refractivity contribution is 5.76. The number of methoxy groups -OCH3 is 1. The third-order valence-electron chi connectivity index (χ3n) is 2.40. The summed E-state index contributed by atoms with van der Waals surface area (Å²) in [6.07, 6.45) is -1.75. The van der Waals surface area contributed by atoms with Crippen LogP contribution in [0, 0.1) is 5.82 Å². The number of benzene rings is 1. The maximum atomic E-state index is 13.7. The molecule has 0 amide bonds. The van der Waals surface area contributed by atoms with Crippen molar-refractivity contribution in [2.24, 2.45) is 0 Å². The first-order chi connectivity index (χ1) is 7.77. The Morgan fingerprint density at radius 1 is 1.47 bits per heavy atom. The van der Waals surface area contributed by atoms with E-state index in [1.165, 1.54) is 19.9 Å². The van der Waals surface area contributed by atoms with Crippen LogP contribution in [0.1, 0.15) is 31.1 Å². The normalized spacial score (nSPS) is 13.3. The summed E-state index contributed by atoms with van der Waals surface area (Å²) < 4.78 is 31.4. The Bertz CT molecular complexity index is 424. The lowest BCUT2D eigenvalue weighted by Gasteiger charge is -2.17. The summed E-state index contributed by atoms with van der Waals surface area (Å²) in [5.41, 5.74) is -1.80. The summed E-state index contributed by atoms with van der Waals surface area (Å²) >= 11 is 0. The Morgan fingerprint density at radius 2 is 2.06 bits per heavy atom. The number of alkyl halides is 1. The van der Waals surface area contributed by atoms with E-state index in [1.54, 1.807) is 0 Å². The molecule has 1 aromatic rings. The Kier molecular flexibility index (Phi) is 3.83. The first-order valence-corrected chi connectivity index (χ1v) is 5.02. The molecule has 0 aliphatic rings. The summed E-state index contributed by atoms with van der Waals surface area (Å²) in [5, 5.41) is 9.52. The van der Waals surface area contributed by atoms with Crippen molar-refractivity contribution >= 4 is 5.97 Å². The number of ether oxygens (including phenoxy) is 1. The fourth-order valence-corrected chi connectivity index (χ4v) is 1.36. The number of rotatable bonds is 3. The molecular formula is C12H14F2O3. The lowest BCUT2D eigenvalue weighted by Crippen LogP contribution is -2.17. The fourth-order valence-electron chi connectivity index (χ4n) is 1.36. The van der Waals surface area contributed by atoms with Gasteiger partial charge in [-0.25, -0.2) is 13.6 Å². The Balaban J connectivity index is 3.20. The van der Waals surface area contributed by atoms with E-state index >= 15 is 0 Å². The minimum absolute atomic E-state index is 0.178. The zero-order valence-electron chi connectivity index (χ0n) is 9.83. The fraction of sp³-hybridized carbons (Fsp3) is 0.417. The van der Waals surface area contributed by atoms with Gasteiger partial charge >= 0.3 is 5.97 Å². The molecule has 0 radical (unpaired) electrons. The van der Waals surface area contributed by atoms with Crippen LogP contribution < -0.4 is 0 Å². The topological polar surface area (TPSA) is 46.5 Å². The van der Waals surface area contributed by atoms with Gasteiger partial charge in [-0.15, -0.1) is 0 Å². The molecule has 94 valence electrons. The summed E-state index contributed by atoms with van der Waals surface area (Å²) in [4.78, 5) is 11.1. The van der Waals surface area contributed by atoms with Gasteiger partial charge in [-0.2, -0.15) is 0 Å². The molecule has 5 heteroatoms. The molecule has 0 saturated carbocycles. The summed E-state index contributed by atoms with van der Waals surface area (Å²) in [6, 6.07) is 3.40. The van der Waals surface area contributed by atoms with Crippen LogP contribution in [0.2, 0.25) is 0 Å². The van der Waals surface area contributed by atoms with Crippen LogP contribution in [0.3, 0.4) is 0 Å². The Labute approximate surface area is 98.0 Å². The van der Waals surface area contributed by atoms with Crippen molar-refractivity contribution in [3.63, 3.8) is 0 Å². The summed E-state index contributed by atoms with van der Waals surface area (Å²) in [6.45, 7) is 2.60. The molecule has 0 aliphatic heterocycles. The molecule has 17 heavy (non-hydrogen) atoms. The van der Waals surface area contributed by atoms with E-state index in [-0.39, 0.29) is 11.1 Å². The van der Waals surface area contributed by atoms with Crippen molar-refractivity contribution in [3.8, 4) is 0 Å². The van der Waals surface area contributed by atoms with Crippen molar-refractivity contribution in [2.45, 2.75) is 25.6 Å². The van der Waals surface area contributed by atoms with Gasteiger partial charge in [0, 0.05) is 5.56 Å². The third-order valence-corrected chi connectivity index (χ3v) is 2.40. The van der Waals surface area contributed by atoms with Gasteiger partial charge in [0.25, 0.3) is 0 Å². The minimum Gasteiger partial charge on any atom is -0.467 e. The van der Waals surface area contributed by atoms with Gasteiger partial charge in [-0.3, -0.25) is 0 Å². The maximum absolute atomic E-state index is 13.7. The highest BCUT2D eigenvalue weighted by Gasteiger charge is 2.25. The predicted octanol–water partition coefficient (Wildman–Crippen LogP) is 2.24. The molecule has 0 fully saturated rings. The molecule has 1 rings (SSSR count). The molecule has 0 aromatic heterocycles. The number of halogens is 2. The van der Waals surface area contributed by atoms with E-state index in [0.29, 0.717) is 0 Å². The van der Waals surface area contributed by atoms with Gasteiger partial charge in [0.05, 0.1) is 7.11 Å². The van der Waals surface area contributed by atoms with Gasteiger partial charge in [0.15, 0.2) is 6.10 Å². The van der Waals surface area contributed by atoms with Crippen molar-refractivity contribution in [1.29, 1.82) is 0 Å². The largest absolute Gasteiger partial charge is 0.467 e. The molecular weight excluding hydrogens is 230 g/mol. The zero-order valence-corrected chi connectivity index (χ0v) is 9.83. The van der Waals surface area contributed by atoms with Crippen molar-refractivity contribution in [2.75, 3.05) is 7.11 Å². The number of aliphatic hydroxyl groups is 1. The first kappa shape index (κ1) is 13.6. The minimum atomic E-state index is -1.75. The van der Waals surface area contributed by atoms with E-state index in [4.69, 9.17) is 0 Å². The maximum Gasteiger partial charge on any atom is 0.339 e. The van der Waals surface area contributed by atoms with Crippen LogP contribution in [-0.4, -0.2) is 18.2 Å². The van der Waals surface area contributed by atoms with E-state index in [2.05, 4.69) is 4.74 Å². The second-order valence-electron chi connectivity index (χ2n) is 4.13. The standard InChI is InChI=1S/C12H14F2O3/c1-12(2,14)7-4-5-9(13)8(6-7)10(15)11(16)17-3/h4-6,10,15H,1-3H3. The van der Waals surface area contributed by atoms with Crippen LogP contribution in [-0.2, 0) is 15.2 Å². The monoisotopic (exact) mass is 244 g/mol. The number of hydrogen-bond acceptors (Lipinski definition) is 3. The molecule has 0 saturated heterocycles. The number of carbonyl (C=O) groups is 1. The molecule has 1 aromatic carbocycles. The van der Waals surface area contributed by atoms with Crippen LogP contribution >= 0.6 is 0 Å². The number of esters is 1. The highest BCUT2D eigenvalue weighted by atomic mass is 19.1. The van der Waals surface area contributed by atoms with Crippen molar-refractivity contribution in [1.82, 2.24) is 0 Å². The van der Waals surface area contributed by atoms with Gasteiger partial charge in [-0.05, 0) is 31.5 Å². The van der Waals surface area contributed by atoms with Gasteiger partial charge < -0.3 is 9.84 Å². The third kappa shape index (κ3) is 3.00. The molecule has 0 heterocycles. The van der Waals surface area contributed by atoms with Gasteiger partial charge in [0.1, 0.15) is 11.5 Å². The average molecular weight is 244 g/mol. The molecule has 3 nitrogen and oxygen atoms in total. The summed E-state index contributed by atoms with van der Waals surface area (Å²) in [5.74, 6) is -1.77. The predicted molar refractivity (Wildman–Crippen MR) is 57.5 cm³/mol. The Hall–Kier alpha value is -1.49. The average Bonchev–Trinajstić information content (AvgIpc) is 2.26. The number of aliphatic hydroxyl groups excluding tert-OH is 1. The summed E-state index contributed by atoms with van der Waals surface area (Å²) in [7, 11) is 1.08. The smallest absolute Gasteiger partial charge is 0.339 e. The van der Waals surface area contributed by atoms with Crippen molar-refractivity contribution in [3.05, 3.63) is 35.1 Å². The zero-order chi connectivity index (χ0) is 13.2. The van der Waals surface area contributed by atoms with Gasteiger partial charge in [0.2, 0.25) is 0 Å². The molecule has 0 spiro atoms. The molecule has 0 aliphatic carbocycles. The van der Waals surface area contributed by atoms with Crippen molar-refractivity contribution < 1.29 is 23.4 Å². The lowest BCUT2D eigenvalue weighted by molar-refractivity contribution is -0.150. The van der Waals surface area contributed by atoms with Gasteiger partial charge in [-0.1, -0.05) is 6.07 Å². The SMILES string of the molecule is COC(=O)C(O)c1cc(C(C)(C)F)ccc1F. The molecule has 1 atom stereocenters. The Morgan fingerprint density at radius 3 is 2.53 bits per heavy atom. The molecule has 1 N–H and O–H groups in total. The van der Waals surface area contributed by atoms with E-state index in [9.17, 15) is 18.7 Å². The molecule has 0 bridgehead atoms. The van der Waals surface area contributed by atoms with Crippen LogP contribution in [0.15, 0.2) is 18.2 Å². The van der Waals surface area contributed by atoms with Crippen LogP contribution in [0.4, 0.5) is 8.78 Å². The van der Waals surface area contributed by atoms with E-state index in [0.717, 1.165) is 19.2 Å². The highest BCUT2D eigenvalue weighted by Crippen LogP contribution is 2.28. The number of carbonyl (C=O) groups excluding carboxylic acids is 1. The lowest BCUT2D eigenvalue weighted by atomic mass is 9.96. The second kappa shape index (κ2) is 4.79. The quantitative estimate of drug-likeness (QED) is 0.829. The molecule has 1 unspecified atom stereocenters. The van der Waals surface area contributed by atoms with E-state index < -0.39 is 23.6 Å². The second-order valence-corrected chi connectivity index (χ2v) is 4.13. The first-order valence-electron chi connectivity index (χ1n) is 5.02. The van der Waals surface area contributed by atoms with Crippen LogP contribution in [0.25, 0.3) is 0 Å².